The van der Waals surface area contributed by atoms with Gasteiger partial charge in [0.25, 0.3) is 0 Å². The average molecular weight is 474 g/mol. The number of aliphatic carboxylic acids is 1. The lowest BCUT2D eigenvalue weighted by atomic mass is 9.98. The van der Waals surface area contributed by atoms with Gasteiger partial charge in [0.15, 0.2) is 0 Å². The molecular weight excluding hydrogens is 450 g/mol. The molecule has 180 valence electrons. The van der Waals surface area contributed by atoms with Gasteiger partial charge in [0.05, 0.1) is 6.10 Å². The highest BCUT2D eigenvalue weighted by Crippen LogP contribution is 2.44. The molecule has 2 amide bonds. The van der Waals surface area contributed by atoms with E-state index in [1.54, 1.807) is 0 Å². The van der Waals surface area contributed by atoms with Crippen LogP contribution < -0.4 is 5.32 Å². The minimum atomic E-state index is -2.93. The minimum absolute atomic E-state index is 0.0738. The Hall–Kier alpha value is -3.53. The van der Waals surface area contributed by atoms with E-state index >= 15 is 0 Å². The van der Waals surface area contributed by atoms with E-state index in [2.05, 4.69) is 5.32 Å². The first-order valence-electron chi connectivity index (χ1n) is 10.9. The summed E-state index contributed by atoms with van der Waals surface area (Å²) in [5.41, 5.74) is 3.97. The Morgan fingerprint density at radius 2 is 1.65 bits per heavy atom. The molecule has 34 heavy (non-hydrogen) atoms. The summed E-state index contributed by atoms with van der Waals surface area (Å²) in [5.74, 6) is -2.62. The second kappa shape index (κ2) is 9.76. The Kier molecular flexibility index (Phi) is 6.78. The molecule has 2 aliphatic rings. The maximum absolute atomic E-state index is 13.1. The molecule has 2 aromatic carbocycles. The third-order valence-electron chi connectivity index (χ3n) is 6.19. The first-order chi connectivity index (χ1) is 16.3. The quantitative estimate of drug-likeness (QED) is 0.568. The molecule has 1 fully saturated rings. The standard InChI is InChI=1S/C24H24F2N2O6/c25-21(26)10-19(22(30)28-11-13(29)9-20(28)23(31)32)27-24(33)34-12-18-16-7-3-1-5-14(16)15-6-2-4-8-17(15)18/h1-8,13,18-21,29H,9-12H2,(H,27,33)(H,31,32)/t13-,19?,20+/m1/s1. The van der Waals surface area contributed by atoms with Crippen molar-refractivity contribution in [1.29, 1.82) is 0 Å². The lowest BCUT2D eigenvalue weighted by Gasteiger charge is -2.27. The number of fused-ring (bicyclic) bond motifs is 3. The Balaban J connectivity index is 1.45. The molecule has 4 rings (SSSR count). The van der Waals surface area contributed by atoms with Crippen molar-refractivity contribution in [1.82, 2.24) is 10.2 Å². The van der Waals surface area contributed by atoms with Crippen LogP contribution in [0.3, 0.4) is 0 Å². The first kappa shape index (κ1) is 23.6. The lowest BCUT2D eigenvalue weighted by molar-refractivity contribution is -0.149. The molecule has 10 heteroatoms. The second-order valence-corrected chi connectivity index (χ2v) is 8.38. The maximum atomic E-state index is 13.1. The van der Waals surface area contributed by atoms with Crippen molar-refractivity contribution < 1.29 is 38.1 Å². The van der Waals surface area contributed by atoms with Crippen LogP contribution in [0.1, 0.15) is 29.9 Å². The van der Waals surface area contributed by atoms with Crippen molar-refractivity contribution in [3.63, 3.8) is 0 Å². The molecule has 0 aromatic heterocycles. The smallest absolute Gasteiger partial charge is 0.407 e. The summed E-state index contributed by atoms with van der Waals surface area (Å²) in [6.07, 6.45) is -6.31. The molecule has 8 nitrogen and oxygen atoms in total. The van der Waals surface area contributed by atoms with E-state index < -0.39 is 49.0 Å². The Bertz CT molecular complexity index is 1050. The number of carbonyl (C=O) groups excluding carboxylic acids is 2. The highest BCUT2D eigenvalue weighted by molar-refractivity contribution is 5.90. The molecule has 0 bridgehead atoms. The van der Waals surface area contributed by atoms with Gasteiger partial charge in [-0.3, -0.25) is 4.79 Å². The zero-order valence-corrected chi connectivity index (χ0v) is 18.1. The van der Waals surface area contributed by atoms with Crippen molar-refractivity contribution in [2.45, 2.75) is 43.4 Å². The fourth-order valence-corrected chi connectivity index (χ4v) is 4.67. The van der Waals surface area contributed by atoms with Crippen molar-refractivity contribution in [2.75, 3.05) is 13.2 Å². The largest absolute Gasteiger partial charge is 0.480 e. The summed E-state index contributed by atoms with van der Waals surface area (Å²) in [5, 5.41) is 21.2. The number of alkyl halides is 2. The summed E-state index contributed by atoms with van der Waals surface area (Å²) >= 11 is 0. The van der Waals surface area contributed by atoms with Crippen LogP contribution in [0.25, 0.3) is 11.1 Å². The number of benzene rings is 2. The predicted octanol–water partition coefficient (Wildman–Crippen LogP) is 2.60. The number of carbonyl (C=O) groups is 3. The van der Waals surface area contributed by atoms with Gasteiger partial charge < -0.3 is 25.2 Å². The topological polar surface area (TPSA) is 116 Å². The van der Waals surface area contributed by atoms with Crippen LogP contribution in [0.15, 0.2) is 48.5 Å². The summed E-state index contributed by atoms with van der Waals surface area (Å²) in [6.45, 7) is -0.391. The number of β-amino-alcohol motifs (C(OH)–C–C–N with tert-alkyl or cyclic N) is 1. The predicted molar refractivity (Wildman–Crippen MR) is 116 cm³/mol. The summed E-state index contributed by atoms with van der Waals surface area (Å²) in [6, 6.07) is 12.3. The van der Waals surface area contributed by atoms with E-state index in [0.29, 0.717) is 0 Å². The monoisotopic (exact) mass is 474 g/mol. The number of amides is 2. The Labute approximate surface area is 194 Å². The van der Waals surface area contributed by atoms with Gasteiger partial charge in [0.2, 0.25) is 12.3 Å². The number of aliphatic hydroxyl groups excluding tert-OH is 1. The van der Waals surface area contributed by atoms with Crippen LogP contribution in [-0.2, 0) is 14.3 Å². The molecule has 2 aromatic rings. The van der Waals surface area contributed by atoms with Gasteiger partial charge in [0.1, 0.15) is 18.7 Å². The highest BCUT2D eigenvalue weighted by atomic mass is 19.3. The van der Waals surface area contributed by atoms with Crippen LogP contribution in [0.5, 0.6) is 0 Å². The molecule has 1 unspecified atom stereocenters. The number of halogens is 2. The van der Waals surface area contributed by atoms with Crippen molar-refractivity contribution >= 4 is 18.0 Å². The van der Waals surface area contributed by atoms with Gasteiger partial charge in [-0.15, -0.1) is 0 Å². The van der Waals surface area contributed by atoms with E-state index in [9.17, 15) is 33.4 Å². The molecule has 1 aliphatic carbocycles. The van der Waals surface area contributed by atoms with Crippen LogP contribution in [0.4, 0.5) is 13.6 Å². The van der Waals surface area contributed by atoms with Gasteiger partial charge in [-0.05, 0) is 22.3 Å². The fourth-order valence-electron chi connectivity index (χ4n) is 4.67. The van der Waals surface area contributed by atoms with E-state index in [0.717, 1.165) is 27.2 Å². The van der Waals surface area contributed by atoms with Gasteiger partial charge >= 0.3 is 12.1 Å². The lowest BCUT2D eigenvalue weighted by Crippen LogP contribution is -2.52. The number of hydrogen-bond acceptors (Lipinski definition) is 5. The summed E-state index contributed by atoms with van der Waals surface area (Å²) in [4.78, 5) is 37.5. The number of rotatable bonds is 7. The molecule has 0 saturated carbocycles. The molecular formula is C24H24F2N2O6. The summed E-state index contributed by atoms with van der Waals surface area (Å²) < 4.78 is 31.6. The number of likely N-dealkylation sites (tertiary alicyclic amines) is 1. The second-order valence-electron chi connectivity index (χ2n) is 8.38. The van der Waals surface area contributed by atoms with E-state index in [1.807, 2.05) is 48.5 Å². The number of carboxylic acid groups (broad SMARTS) is 1. The van der Waals surface area contributed by atoms with E-state index in [-0.39, 0.29) is 25.5 Å². The maximum Gasteiger partial charge on any atom is 0.407 e. The Morgan fingerprint density at radius 3 is 2.21 bits per heavy atom. The van der Waals surface area contributed by atoms with Gasteiger partial charge in [-0.2, -0.15) is 0 Å². The number of hydrogen-bond donors (Lipinski definition) is 3. The molecule has 3 N–H and O–H groups in total. The average Bonchev–Trinajstić information content (AvgIpc) is 3.35. The van der Waals surface area contributed by atoms with Crippen LogP contribution in [0, 0.1) is 0 Å². The number of nitrogens with zero attached hydrogens (tertiary/aromatic N) is 1. The molecule has 1 aliphatic heterocycles. The fraction of sp³-hybridized carbons (Fsp3) is 0.375. The number of alkyl carbamates (subject to hydrolysis) is 1. The molecule has 1 heterocycles. The molecule has 3 atom stereocenters. The van der Waals surface area contributed by atoms with Crippen LogP contribution in [-0.4, -0.2) is 70.8 Å². The zero-order chi connectivity index (χ0) is 24.4. The number of ether oxygens (including phenoxy) is 1. The molecule has 0 spiro atoms. The Morgan fingerprint density at radius 1 is 1.06 bits per heavy atom. The molecule has 0 radical (unpaired) electrons. The van der Waals surface area contributed by atoms with E-state index in [4.69, 9.17) is 4.74 Å². The van der Waals surface area contributed by atoms with Crippen molar-refractivity contribution in [2.24, 2.45) is 0 Å². The first-order valence-corrected chi connectivity index (χ1v) is 10.9. The van der Waals surface area contributed by atoms with Gasteiger partial charge in [-0.25, -0.2) is 18.4 Å². The normalized spacial score (nSPS) is 20.1. The van der Waals surface area contributed by atoms with Crippen LogP contribution in [0.2, 0.25) is 0 Å². The minimum Gasteiger partial charge on any atom is -0.480 e. The number of aliphatic hydroxyl groups is 1. The van der Waals surface area contributed by atoms with Gasteiger partial charge in [-0.1, -0.05) is 48.5 Å². The SMILES string of the molecule is O=C(NC(CC(F)F)C(=O)N1C[C@H](O)C[C@H]1C(=O)O)OCC1c2ccccc2-c2ccccc21. The zero-order valence-electron chi connectivity index (χ0n) is 18.1. The van der Waals surface area contributed by atoms with Crippen LogP contribution >= 0.6 is 0 Å². The number of nitrogens with one attached hydrogen (secondary N) is 1. The summed E-state index contributed by atoms with van der Waals surface area (Å²) in [7, 11) is 0. The van der Waals surface area contributed by atoms with Crippen molar-refractivity contribution in [3.05, 3.63) is 59.7 Å². The third kappa shape index (κ3) is 4.72. The molecule has 1 saturated heterocycles. The number of carboxylic acids is 1. The third-order valence-corrected chi connectivity index (χ3v) is 6.19. The van der Waals surface area contributed by atoms with Gasteiger partial charge in [0, 0.05) is 25.3 Å². The van der Waals surface area contributed by atoms with Crippen molar-refractivity contribution in [3.8, 4) is 11.1 Å². The highest BCUT2D eigenvalue weighted by Gasteiger charge is 2.42. The van der Waals surface area contributed by atoms with E-state index in [1.165, 1.54) is 0 Å².